The summed E-state index contributed by atoms with van der Waals surface area (Å²) in [5.74, 6) is -0.320. The van der Waals surface area contributed by atoms with Gasteiger partial charge in [0.15, 0.2) is 0 Å². The highest BCUT2D eigenvalue weighted by atomic mass is 79.9. The van der Waals surface area contributed by atoms with Gasteiger partial charge in [0.1, 0.15) is 0 Å². The number of aromatic amines is 1. The molecule has 0 atom stereocenters. The Morgan fingerprint density at radius 2 is 2.35 bits per heavy atom. The van der Waals surface area contributed by atoms with Gasteiger partial charge >= 0.3 is 5.97 Å². The van der Waals surface area contributed by atoms with Crippen LogP contribution in [0.25, 0.3) is 17.0 Å². The predicted molar refractivity (Wildman–Crippen MR) is 71.7 cm³/mol. The fourth-order valence-electron chi connectivity index (χ4n) is 1.61. The van der Waals surface area contributed by atoms with Gasteiger partial charge in [0.05, 0.1) is 6.61 Å². The summed E-state index contributed by atoms with van der Waals surface area (Å²) in [6.45, 7) is 2.18. The number of benzene rings is 1. The number of ether oxygens (including phenoxy) is 1. The zero-order valence-electron chi connectivity index (χ0n) is 9.37. The second-order valence-corrected chi connectivity index (χ2v) is 4.43. The summed E-state index contributed by atoms with van der Waals surface area (Å²) in [4.78, 5) is 14.4. The molecule has 3 nitrogen and oxygen atoms in total. The second-order valence-electron chi connectivity index (χ2n) is 3.52. The molecule has 2 aromatic rings. The maximum Gasteiger partial charge on any atom is 0.330 e. The zero-order chi connectivity index (χ0) is 12.3. The van der Waals surface area contributed by atoms with Crippen LogP contribution in [-0.2, 0) is 9.53 Å². The van der Waals surface area contributed by atoms with Gasteiger partial charge in [-0.3, -0.25) is 0 Å². The first-order valence-electron chi connectivity index (χ1n) is 5.32. The average Bonchev–Trinajstić information content (AvgIpc) is 2.69. The molecule has 0 saturated heterocycles. The van der Waals surface area contributed by atoms with E-state index in [1.165, 1.54) is 6.08 Å². The molecule has 4 heteroatoms. The highest BCUT2D eigenvalue weighted by molar-refractivity contribution is 9.10. The SMILES string of the molecule is CCOC(=O)/C=C\c1c[nH]c2cc(Br)ccc12. The fourth-order valence-corrected chi connectivity index (χ4v) is 1.97. The lowest BCUT2D eigenvalue weighted by Crippen LogP contribution is -1.98. The third kappa shape index (κ3) is 2.77. The van der Waals surface area contributed by atoms with Crippen molar-refractivity contribution >= 4 is 38.9 Å². The molecule has 0 saturated carbocycles. The number of rotatable bonds is 3. The minimum Gasteiger partial charge on any atom is -0.463 e. The molecule has 1 N–H and O–H groups in total. The number of aromatic nitrogens is 1. The van der Waals surface area contributed by atoms with Crippen LogP contribution < -0.4 is 0 Å². The van der Waals surface area contributed by atoms with Gasteiger partial charge in [0, 0.05) is 33.2 Å². The Labute approximate surface area is 108 Å². The van der Waals surface area contributed by atoms with Crippen LogP contribution in [0.5, 0.6) is 0 Å². The standard InChI is InChI=1S/C13H12BrNO2/c1-2-17-13(16)6-3-9-8-15-12-7-10(14)4-5-11(9)12/h3-8,15H,2H2,1H3/b6-3-. The van der Waals surface area contributed by atoms with E-state index >= 15 is 0 Å². The smallest absolute Gasteiger partial charge is 0.330 e. The number of carbonyl (C=O) groups excluding carboxylic acids is 1. The van der Waals surface area contributed by atoms with E-state index in [-0.39, 0.29) is 5.97 Å². The summed E-state index contributed by atoms with van der Waals surface area (Å²) < 4.78 is 5.85. The first-order chi connectivity index (χ1) is 8.20. The van der Waals surface area contributed by atoms with E-state index in [4.69, 9.17) is 4.74 Å². The molecule has 0 aliphatic heterocycles. The van der Waals surface area contributed by atoms with Gasteiger partial charge in [-0.15, -0.1) is 0 Å². The van der Waals surface area contributed by atoms with Crippen LogP contribution >= 0.6 is 15.9 Å². The highest BCUT2D eigenvalue weighted by Gasteiger charge is 2.02. The molecule has 2 rings (SSSR count). The summed E-state index contributed by atoms with van der Waals surface area (Å²) in [6.07, 6.45) is 5.06. The number of esters is 1. The molecule has 0 fully saturated rings. The maximum atomic E-state index is 11.2. The van der Waals surface area contributed by atoms with Crippen molar-refractivity contribution in [3.05, 3.63) is 40.5 Å². The van der Waals surface area contributed by atoms with E-state index in [2.05, 4.69) is 20.9 Å². The molecule has 17 heavy (non-hydrogen) atoms. The first-order valence-corrected chi connectivity index (χ1v) is 6.11. The van der Waals surface area contributed by atoms with Crippen molar-refractivity contribution in [1.29, 1.82) is 0 Å². The largest absolute Gasteiger partial charge is 0.463 e. The Morgan fingerprint density at radius 1 is 1.53 bits per heavy atom. The van der Waals surface area contributed by atoms with E-state index < -0.39 is 0 Å². The molecule has 1 aromatic heterocycles. The summed E-state index contributed by atoms with van der Waals surface area (Å²) in [5.41, 5.74) is 2.00. The lowest BCUT2D eigenvalue weighted by Gasteiger charge is -1.95. The number of nitrogens with one attached hydrogen (secondary N) is 1. The Hall–Kier alpha value is -1.55. The number of H-pyrrole nitrogens is 1. The van der Waals surface area contributed by atoms with Crippen LogP contribution in [0.15, 0.2) is 34.9 Å². The van der Waals surface area contributed by atoms with Crippen molar-refractivity contribution in [3.8, 4) is 0 Å². The summed E-state index contributed by atoms with van der Waals surface area (Å²) in [7, 11) is 0. The van der Waals surface area contributed by atoms with Gasteiger partial charge in [-0.25, -0.2) is 4.79 Å². The van der Waals surface area contributed by atoms with Gasteiger partial charge in [-0.05, 0) is 25.1 Å². The maximum absolute atomic E-state index is 11.2. The zero-order valence-corrected chi connectivity index (χ0v) is 11.0. The van der Waals surface area contributed by atoms with Gasteiger partial charge in [0.25, 0.3) is 0 Å². The van der Waals surface area contributed by atoms with E-state index in [0.29, 0.717) is 6.61 Å². The number of carbonyl (C=O) groups is 1. The number of fused-ring (bicyclic) bond motifs is 1. The minimum absolute atomic E-state index is 0.320. The van der Waals surface area contributed by atoms with Gasteiger partial charge < -0.3 is 9.72 Å². The average molecular weight is 294 g/mol. The molecule has 1 heterocycles. The molecule has 0 amide bonds. The van der Waals surface area contributed by atoms with Crippen molar-refractivity contribution in [3.63, 3.8) is 0 Å². The van der Waals surface area contributed by atoms with Crippen molar-refractivity contribution in [2.24, 2.45) is 0 Å². The van der Waals surface area contributed by atoms with Crippen LogP contribution in [0.3, 0.4) is 0 Å². The molecule has 0 bridgehead atoms. The van der Waals surface area contributed by atoms with Crippen molar-refractivity contribution in [1.82, 2.24) is 4.98 Å². The van der Waals surface area contributed by atoms with Crippen LogP contribution in [0.2, 0.25) is 0 Å². The summed E-state index contributed by atoms with van der Waals surface area (Å²) in [5, 5.41) is 1.08. The van der Waals surface area contributed by atoms with Crippen molar-refractivity contribution < 1.29 is 9.53 Å². The van der Waals surface area contributed by atoms with Crippen LogP contribution in [0, 0.1) is 0 Å². The summed E-state index contributed by atoms with van der Waals surface area (Å²) >= 11 is 3.41. The summed E-state index contributed by atoms with van der Waals surface area (Å²) in [6, 6.07) is 5.97. The number of hydrogen-bond donors (Lipinski definition) is 1. The third-order valence-electron chi connectivity index (χ3n) is 2.36. The molecule has 0 aliphatic rings. The molecular formula is C13H12BrNO2. The topological polar surface area (TPSA) is 42.1 Å². The molecule has 0 radical (unpaired) electrons. The highest BCUT2D eigenvalue weighted by Crippen LogP contribution is 2.23. The van der Waals surface area contributed by atoms with E-state index in [1.54, 1.807) is 13.0 Å². The van der Waals surface area contributed by atoms with Crippen molar-refractivity contribution in [2.45, 2.75) is 6.92 Å². The normalized spacial score (nSPS) is 11.2. The lowest BCUT2D eigenvalue weighted by atomic mass is 10.1. The van der Waals surface area contributed by atoms with Gasteiger partial charge in [0.2, 0.25) is 0 Å². The quantitative estimate of drug-likeness (QED) is 0.695. The Bertz CT molecular complexity index is 572. The predicted octanol–water partition coefficient (Wildman–Crippen LogP) is 3.51. The molecule has 0 aliphatic carbocycles. The number of halogens is 1. The Morgan fingerprint density at radius 3 is 3.12 bits per heavy atom. The van der Waals surface area contributed by atoms with Crippen LogP contribution in [0.4, 0.5) is 0 Å². The third-order valence-corrected chi connectivity index (χ3v) is 2.85. The van der Waals surface area contributed by atoms with E-state index in [1.807, 2.05) is 24.4 Å². The van der Waals surface area contributed by atoms with Crippen molar-refractivity contribution in [2.75, 3.05) is 6.61 Å². The first kappa shape index (κ1) is 11.9. The molecule has 1 aromatic carbocycles. The molecule has 0 spiro atoms. The lowest BCUT2D eigenvalue weighted by molar-refractivity contribution is -0.137. The fraction of sp³-hybridized carbons (Fsp3) is 0.154. The Kier molecular flexibility index (Phi) is 3.64. The van der Waals surface area contributed by atoms with E-state index in [0.717, 1.165) is 20.9 Å². The molecule has 88 valence electrons. The number of hydrogen-bond acceptors (Lipinski definition) is 2. The monoisotopic (exact) mass is 293 g/mol. The van der Waals surface area contributed by atoms with Gasteiger partial charge in [-0.2, -0.15) is 0 Å². The van der Waals surface area contributed by atoms with E-state index in [9.17, 15) is 4.79 Å². The molecule has 0 unspecified atom stereocenters. The van der Waals surface area contributed by atoms with Crippen LogP contribution in [-0.4, -0.2) is 17.6 Å². The van der Waals surface area contributed by atoms with Gasteiger partial charge in [-0.1, -0.05) is 22.0 Å². The molecular weight excluding hydrogens is 282 g/mol. The second kappa shape index (κ2) is 5.19. The minimum atomic E-state index is -0.320. The van der Waals surface area contributed by atoms with Crippen LogP contribution in [0.1, 0.15) is 12.5 Å². The Balaban J connectivity index is 2.28.